The zero-order valence-corrected chi connectivity index (χ0v) is 17.3. The lowest BCUT2D eigenvalue weighted by atomic mass is 10.0. The molecule has 0 aliphatic carbocycles. The van der Waals surface area contributed by atoms with Gasteiger partial charge in [0.2, 0.25) is 0 Å². The van der Waals surface area contributed by atoms with Gasteiger partial charge in [-0.05, 0) is 42.7 Å². The van der Waals surface area contributed by atoms with Crippen LogP contribution in [0.3, 0.4) is 0 Å². The number of benzene rings is 2. The quantitative estimate of drug-likeness (QED) is 0.155. The minimum atomic E-state index is -10.2. The van der Waals surface area contributed by atoms with Crippen LogP contribution in [0.5, 0.6) is 5.75 Å². The Morgan fingerprint density at radius 1 is 0.867 bits per heavy atom. The van der Waals surface area contributed by atoms with Crippen molar-refractivity contribution in [3.05, 3.63) is 59.4 Å². The molecule has 0 aliphatic heterocycles. The zero-order valence-electron chi connectivity index (χ0n) is 16.5. The SMILES string of the molecule is CCCCCCCCc1ccc(C(=O)Oc2ccc(S(F)(F)(F)(F)F)c(F)c2)cc1. The predicted octanol–water partition coefficient (Wildman–Crippen LogP) is 8.61. The number of carbonyl (C=O) groups is 1. The van der Waals surface area contributed by atoms with Gasteiger partial charge in [0.25, 0.3) is 0 Å². The number of ether oxygens (including phenoxy) is 1. The van der Waals surface area contributed by atoms with E-state index in [4.69, 9.17) is 4.74 Å². The van der Waals surface area contributed by atoms with Crippen LogP contribution < -0.4 is 4.74 Å². The monoisotopic (exact) mass is 454 g/mol. The third kappa shape index (κ3) is 7.27. The van der Waals surface area contributed by atoms with Crippen LogP contribution in [-0.4, -0.2) is 5.97 Å². The Labute approximate surface area is 172 Å². The van der Waals surface area contributed by atoms with E-state index in [1.54, 1.807) is 12.1 Å². The molecule has 0 bridgehead atoms. The standard InChI is InChI=1S/C21H24F6O2S/c1-2-3-4-5-6-7-8-16-9-11-17(12-10-16)21(28)29-18-13-14-20(19(22)15-18)30(23,24,25,26)27/h9-15H,2-8H2,1H3. The van der Waals surface area contributed by atoms with E-state index in [1.165, 1.54) is 37.8 Å². The molecule has 0 saturated heterocycles. The average Bonchev–Trinajstić information content (AvgIpc) is 2.63. The molecule has 0 radical (unpaired) electrons. The lowest BCUT2D eigenvalue weighted by molar-refractivity contribution is 0.0734. The van der Waals surface area contributed by atoms with Gasteiger partial charge in [0.15, 0.2) is 0 Å². The van der Waals surface area contributed by atoms with Gasteiger partial charge in [-0.3, -0.25) is 0 Å². The molecule has 0 N–H and O–H groups in total. The lowest BCUT2D eigenvalue weighted by Crippen LogP contribution is -2.11. The van der Waals surface area contributed by atoms with Crippen molar-refractivity contribution in [1.82, 2.24) is 0 Å². The summed E-state index contributed by atoms with van der Waals surface area (Å²) >= 11 is 0. The molecule has 0 atom stereocenters. The highest BCUT2D eigenvalue weighted by Crippen LogP contribution is 3.02. The van der Waals surface area contributed by atoms with Gasteiger partial charge >= 0.3 is 16.2 Å². The summed E-state index contributed by atoms with van der Waals surface area (Å²) in [5.41, 5.74) is 1.13. The second-order valence-corrected chi connectivity index (χ2v) is 9.54. The molecule has 2 aromatic carbocycles. The smallest absolute Gasteiger partial charge is 0.343 e. The third-order valence-electron chi connectivity index (χ3n) is 4.54. The number of aryl methyl sites for hydroxylation is 1. The molecule has 168 valence electrons. The summed E-state index contributed by atoms with van der Waals surface area (Å²) in [6.07, 6.45) is 7.78. The predicted molar refractivity (Wildman–Crippen MR) is 106 cm³/mol. The van der Waals surface area contributed by atoms with Gasteiger partial charge < -0.3 is 4.74 Å². The number of esters is 1. The van der Waals surface area contributed by atoms with Crippen LogP contribution in [0.15, 0.2) is 47.4 Å². The topological polar surface area (TPSA) is 26.3 Å². The van der Waals surface area contributed by atoms with Crippen molar-refractivity contribution >= 4 is 16.2 Å². The van der Waals surface area contributed by atoms with E-state index in [0.717, 1.165) is 24.8 Å². The lowest BCUT2D eigenvalue weighted by Gasteiger charge is -2.40. The number of unbranched alkanes of at least 4 members (excludes halogenated alkanes) is 5. The first-order valence-electron chi connectivity index (χ1n) is 9.65. The Balaban J connectivity index is 1.96. The van der Waals surface area contributed by atoms with E-state index in [1.807, 2.05) is 0 Å². The minimum Gasteiger partial charge on any atom is -0.423 e. The molecule has 0 aliphatic rings. The Morgan fingerprint density at radius 3 is 2.03 bits per heavy atom. The zero-order chi connectivity index (χ0) is 22.5. The minimum absolute atomic E-state index is 0.110. The van der Waals surface area contributed by atoms with Gasteiger partial charge in [0.05, 0.1) is 5.56 Å². The molecule has 0 amide bonds. The van der Waals surface area contributed by atoms with Crippen molar-refractivity contribution in [2.75, 3.05) is 0 Å². The molecule has 0 heterocycles. The third-order valence-corrected chi connectivity index (χ3v) is 5.70. The highest BCUT2D eigenvalue weighted by Gasteiger charge is 2.67. The molecular formula is C21H24F6O2S. The maximum atomic E-state index is 13.6. The van der Waals surface area contributed by atoms with Crippen LogP contribution in [0.25, 0.3) is 0 Å². The largest absolute Gasteiger partial charge is 0.423 e. The van der Waals surface area contributed by atoms with Gasteiger partial charge in [-0.15, -0.1) is 0 Å². The molecule has 2 aromatic rings. The summed E-state index contributed by atoms with van der Waals surface area (Å²) in [6.45, 7) is 2.15. The number of hydrogen-bond acceptors (Lipinski definition) is 2. The van der Waals surface area contributed by atoms with Gasteiger partial charge in [0, 0.05) is 6.07 Å². The molecule has 9 heteroatoms. The van der Waals surface area contributed by atoms with Crippen LogP contribution in [0, 0.1) is 5.82 Å². The summed E-state index contributed by atoms with van der Waals surface area (Å²) in [5.74, 6) is -3.73. The van der Waals surface area contributed by atoms with E-state index in [9.17, 15) is 28.6 Å². The molecule has 2 rings (SSSR count). The van der Waals surface area contributed by atoms with E-state index in [0.29, 0.717) is 6.07 Å². The Kier molecular flexibility index (Phi) is 6.85. The van der Waals surface area contributed by atoms with Gasteiger partial charge in [-0.1, -0.05) is 70.6 Å². The van der Waals surface area contributed by atoms with E-state index in [-0.39, 0.29) is 17.7 Å². The van der Waals surface area contributed by atoms with Gasteiger partial charge in [0.1, 0.15) is 16.5 Å². The maximum Gasteiger partial charge on any atom is 0.343 e. The van der Waals surface area contributed by atoms with Crippen LogP contribution in [0.2, 0.25) is 0 Å². The summed E-state index contributed by atoms with van der Waals surface area (Å²) in [6, 6.07) is 6.95. The van der Waals surface area contributed by atoms with Crippen LogP contribution in [-0.2, 0) is 6.42 Å². The molecule has 0 saturated carbocycles. The highest BCUT2D eigenvalue weighted by atomic mass is 32.5. The fourth-order valence-electron chi connectivity index (χ4n) is 2.94. The van der Waals surface area contributed by atoms with Crippen molar-refractivity contribution in [3.8, 4) is 5.75 Å². The van der Waals surface area contributed by atoms with Crippen molar-refractivity contribution in [3.63, 3.8) is 0 Å². The number of hydrogen-bond donors (Lipinski definition) is 0. The molecule has 2 nitrogen and oxygen atoms in total. The Morgan fingerprint density at radius 2 is 1.47 bits per heavy atom. The number of carbonyl (C=O) groups excluding carboxylic acids is 1. The average molecular weight is 454 g/mol. The van der Waals surface area contributed by atoms with Crippen molar-refractivity contribution in [2.45, 2.75) is 56.8 Å². The van der Waals surface area contributed by atoms with Crippen LogP contribution in [0.4, 0.5) is 23.8 Å². The first-order chi connectivity index (χ1) is 13.8. The molecule has 30 heavy (non-hydrogen) atoms. The second kappa shape index (κ2) is 8.53. The number of halogens is 6. The van der Waals surface area contributed by atoms with Gasteiger partial charge in [-0.25, -0.2) is 9.18 Å². The van der Waals surface area contributed by atoms with Gasteiger partial charge in [-0.2, -0.15) is 0 Å². The molecule has 0 fully saturated rings. The van der Waals surface area contributed by atoms with Crippen molar-refractivity contribution in [2.24, 2.45) is 0 Å². The fourth-order valence-corrected chi connectivity index (χ4v) is 3.69. The van der Waals surface area contributed by atoms with Crippen LogP contribution in [0.1, 0.15) is 61.4 Å². The summed E-state index contributed by atoms with van der Waals surface area (Å²) in [7, 11) is -10.2. The molecule has 0 unspecified atom stereocenters. The normalized spacial score (nSPS) is 14.1. The van der Waals surface area contributed by atoms with Crippen molar-refractivity contribution < 1.29 is 33.4 Å². The Bertz CT molecular complexity index is 879. The Hall–Kier alpha value is -2.16. The molecule has 0 aromatic heterocycles. The van der Waals surface area contributed by atoms with E-state index < -0.39 is 32.7 Å². The molecular weight excluding hydrogens is 430 g/mol. The summed E-state index contributed by atoms with van der Waals surface area (Å²) < 4.78 is 82.0. The van der Waals surface area contributed by atoms with Crippen LogP contribution >= 0.6 is 10.2 Å². The fraction of sp³-hybridized carbons (Fsp3) is 0.381. The first kappa shape index (κ1) is 24.1. The van der Waals surface area contributed by atoms with Crippen molar-refractivity contribution in [1.29, 1.82) is 0 Å². The summed E-state index contributed by atoms with van der Waals surface area (Å²) in [5, 5.41) is 0. The maximum absolute atomic E-state index is 13.6. The first-order valence-corrected chi connectivity index (χ1v) is 11.6. The second-order valence-electron chi connectivity index (χ2n) is 7.17. The summed E-state index contributed by atoms with van der Waals surface area (Å²) in [4.78, 5) is 9.45. The highest BCUT2D eigenvalue weighted by molar-refractivity contribution is 8.45. The van der Waals surface area contributed by atoms with E-state index >= 15 is 0 Å². The van der Waals surface area contributed by atoms with E-state index in [2.05, 4.69) is 6.92 Å². The molecule has 0 spiro atoms. The number of rotatable bonds is 10.